The Morgan fingerprint density at radius 1 is 1.38 bits per heavy atom. The average Bonchev–Trinajstić information content (AvgIpc) is 3.20. The second-order valence-corrected chi connectivity index (χ2v) is 6.17. The third-order valence-electron chi connectivity index (χ3n) is 4.54. The van der Waals surface area contributed by atoms with Crippen molar-refractivity contribution in [1.82, 2.24) is 10.2 Å². The first-order valence-corrected chi connectivity index (χ1v) is 7.84. The second-order valence-electron chi connectivity index (χ2n) is 6.17. The van der Waals surface area contributed by atoms with Crippen LogP contribution in [0.5, 0.6) is 0 Å². The molecule has 114 valence electrons. The molecule has 1 aromatic carbocycles. The van der Waals surface area contributed by atoms with E-state index in [2.05, 4.69) is 53.3 Å². The van der Waals surface area contributed by atoms with E-state index in [1.165, 1.54) is 17.5 Å². The van der Waals surface area contributed by atoms with Crippen LogP contribution in [0, 0.1) is 12.8 Å². The maximum atomic E-state index is 5.99. The van der Waals surface area contributed by atoms with Crippen LogP contribution in [0.25, 0.3) is 0 Å². The highest BCUT2D eigenvalue weighted by atomic mass is 16.5. The Morgan fingerprint density at radius 3 is 2.81 bits per heavy atom. The van der Waals surface area contributed by atoms with Crippen LogP contribution in [0.15, 0.2) is 29.3 Å². The highest BCUT2D eigenvalue weighted by Crippen LogP contribution is 2.30. The fourth-order valence-electron chi connectivity index (χ4n) is 2.96. The normalized spacial score (nSPS) is 29.4. The summed E-state index contributed by atoms with van der Waals surface area (Å²) in [7, 11) is 1.87. The van der Waals surface area contributed by atoms with Crippen molar-refractivity contribution in [3.8, 4) is 0 Å². The van der Waals surface area contributed by atoms with Crippen LogP contribution in [0.4, 0.5) is 0 Å². The average molecular weight is 287 g/mol. The Kier molecular flexibility index (Phi) is 4.15. The predicted octanol–water partition coefficient (Wildman–Crippen LogP) is 2.35. The van der Waals surface area contributed by atoms with Gasteiger partial charge in [0.1, 0.15) is 6.10 Å². The van der Waals surface area contributed by atoms with Gasteiger partial charge in [0.2, 0.25) is 0 Å². The molecule has 3 atom stereocenters. The van der Waals surface area contributed by atoms with Gasteiger partial charge in [0, 0.05) is 19.6 Å². The molecule has 1 saturated carbocycles. The van der Waals surface area contributed by atoms with Crippen LogP contribution >= 0.6 is 0 Å². The number of aliphatic imine (C=N–C) groups is 1. The first kappa shape index (κ1) is 14.4. The highest BCUT2D eigenvalue weighted by Gasteiger charge is 2.35. The van der Waals surface area contributed by atoms with Gasteiger partial charge in [-0.3, -0.25) is 4.99 Å². The maximum absolute atomic E-state index is 5.99. The Bertz CT molecular complexity index is 529. The van der Waals surface area contributed by atoms with Gasteiger partial charge in [-0.2, -0.15) is 0 Å². The van der Waals surface area contributed by atoms with Gasteiger partial charge in [-0.05, 0) is 30.4 Å². The van der Waals surface area contributed by atoms with E-state index < -0.39 is 0 Å². The van der Waals surface area contributed by atoms with Gasteiger partial charge in [-0.25, -0.2) is 0 Å². The molecule has 21 heavy (non-hydrogen) atoms. The summed E-state index contributed by atoms with van der Waals surface area (Å²) in [5, 5.41) is 3.57. The monoisotopic (exact) mass is 287 g/mol. The SMILES string of the molecule is CN=C(NC1CC1C)N1CCOC(c2ccccc2C)C1. The van der Waals surface area contributed by atoms with E-state index in [9.17, 15) is 0 Å². The number of hydrogen-bond donors (Lipinski definition) is 1. The molecule has 4 nitrogen and oxygen atoms in total. The van der Waals surface area contributed by atoms with E-state index in [0.29, 0.717) is 6.04 Å². The van der Waals surface area contributed by atoms with Gasteiger partial charge in [0.25, 0.3) is 0 Å². The van der Waals surface area contributed by atoms with Crippen molar-refractivity contribution >= 4 is 5.96 Å². The van der Waals surface area contributed by atoms with Crippen LogP contribution in [0.3, 0.4) is 0 Å². The largest absolute Gasteiger partial charge is 0.370 e. The molecule has 3 unspecified atom stereocenters. The lowest BCUT2D eigenvalue weighted by molar-refractivity contribution is -0.00836. The number of morpholine rings is 1. The van der Waals surface area contributed by atoms with Crippen molar-refractivity contribution in [3.05, 3.63) is 35.4 Å². The summed E-state index contributed by atoms with van der Waals surface area (Å²) in [6.07, 6.45) is 1.39. The first-order chi connectivity index (χ1) is 10.2. The van der Waals surface area contributed by atoms with Crippen LogP contribution in [0.2, 0.25) is 0 Å². The number of nitrogens with one attached hydrogen (secondary N) is 1. The Hall–Kier alpha value is -1.55. The summed E-state index contributed by atoms with van der Waals surface area (Å²) in [6, 6.07) is 9.08. The van der Waals surface area contributed by atoms with Crippen LogP contribution in [-0.2, 0) is 4.74 Å². The van der Waals surface area contributed by atoms with E-state index in [4.69, 9.17) is 4.74 Å². The highest BCUT2D eigenvalue weighted by molar-refractivity contribution is 5.80. The molecule has 1 N–H and O–H groups in total. The lowest BCUT2D eigenvalue weighted by Gasteiger charge is -2.35. The van der Waals surface area contributed by atoms with Crippen molar-refractivity contribution in [2.45, 2.75) is 32.4 Å². The molecule has 0 radical (unpaired) electrons. The lowest BCUT2D eigenvalue weighted by Crippen LogP contribution is -2.49. The molecule has 1 saturated heterocycles. The summed E-state index contributed by atoms with van der Waals surface area (Å²) in [5.74, 6) is 1.79. The molecule has 1 aliphatic carbocycles. The predicted molar refractivity (Wildman–Crippen MR) is 85.5 cm³/mol. The smallest absolute Gasteiger partial charge is 0.194 e. The van der Waals surface area contributed by atoms with Gasteiger partial charge in [0.15, 0.2) is 5.96 Å². The number of guanidine groups is 1. The summed E-state index contributed by atoms with van der Waals surface area (Å²) in [6.45, 7) is 6.95. The van der Waals surface area contributed by atoms with E-state index in [-0.39, 0.29) is 6.10 Å². The number of nitrogens with zero attached hydrogens (tertiary/aromatic N) is 2. The molecule has 0 amide bonds. The molecule has 3 rings (SSSR count). The molecule has 0 bridgehead atoms. The quantitative estimate of drug-likeness (QED) is 0.670. The third kappa shape index (κ3) is 3.21. The lowest BCUT2D eigenvalue weighted by atomic mass is 10.0. The zero-order valence-corrected chi connectivity index (χ0v) is 13.2. The van der Waals surface area contributed by atoms with E-state index >= 15 is 0 Å². The minimum absolute atomic E-state index is 0.134. The first-order valence-electron chi connectivity index (χ1n) is 7.84. The molecule has 1 heterocycles. The number of aryl methyl sites for hydroxylation is 1. The summed E-state index contributed by atoms with van der Waals surface area (Å²) in [5.41, 5.74) is 2.58. The number of rotatable bonds is 2. The number of ether oxygens (including phenoxy) is 1. The van der Waals surface area contributed by atoms with Gasteiger partial charge in [0.05, 0.1) is 13.2 Å². The molecule has 1 aromatic rings. The maximum Gasteiger partial charge on any atom is 0.194 e. The summed E-state index contributed by atoms with van der Waals surface area (Å²) < 4.78 is 5.99. The van der Waals surface area contributed by atoms with Gasteiger partial charge in [-0.15, -0.1) is 0 Å². The summed E-state index contributed by atoms with van der Waals surface area (Å²) >= 11 is 0. The van der Waals surface area contributed by atoms with Crippen molar-refractivity contribution in [2.75, 3.05) is 26.7 Å². The molecule has 4 heteroatoms. The Balaban J connectivity index is 1.69. The molecule has 2 fully saturated rings. The van der Waals surface area contributed by atoms with Crippen molar-refractivity contribution in [1.29, 1.82) is 0 Å². The fraction of sp³-hybridized carbons (Fsp3) is 0.588. The molecule has 1 aliphatic heterocycles. The number of hydrogen-bond acceptors (Lipinski definition) is 2. The third-order valence-corrected chi connectivity index (χ3v) is 4.54. The minimum Gasteiger partial charge on any atom is -0.370 e. The Labute approximate surface area is 127 Å². The van der Waals surface area contributed by atoms with Crippen molar-refractivity contribution < 1.29 is 4.74 Å². The molecule has 2 aliphatic rings. The zero-order chi connectivity index (χ0) is 14.8. The standard InChI is InChI=1S/C17H25N3O/c1-12-6-4-5-7-14(12)16-11-20(8-9-21-16)17(18-3)19-15-10-13(15)2/h4-7,13,15-16H,8-11H2,1-3H3,(H,18,19). The fourth-order valence-corrected chi connectivity index (χ4v) is 2.96. The topological polar surface area (TPSA) is 36.9 Å². The molecular formula is C17H25N3O. The van der Waals surface area contributed by atoms with Crippen molar-refractivity contribution in [3.63, 3.8) is 0 Å². The van der Waals surface area contributed by atoms with E-state index in [1.807, 2.05) is 7.05 Å². The van der Waals surface area contributed by atoms with Gasteiger partial charge in [-0.1, -0.05) is 31.2 Å². The zero-order valence-electron chi connectivity index (χ0n) is 13.2. The van der Waals surface area contributed by atoms with Crippen LogP contribution in [-0.4, -0.2) is 43.6 Å². The second kappa shape index (κ2) is 6.06. The van der Waals surface area contributed by atoms with E-state index in [1.54, 1.807) is 0 Å². The number of benzene rings is 1. The Morgan fingerprint density at radius 2 is 2.14 bits per heavy atom. The van der Waals surface area contributed by atoms with Crippen LogP contribution in [0.1, 0.15) is 30.6 Å². The van der Waals surface area contributed by atoms with Gasteiger partial charge >= 0.3 is 0 Å². The summed E-state index contributed by atoms with van der Waals surface area (Å²) in [4.78, 5) is 6.78. The van der Waals surface area contributed by atoms with Crippen LogP contribution < -0.4 is 5.32 Å². The van der Waals surface area contributed by atoms with Crippen molar-refractivity contribution in [2.24, 2.45) is 10.9 Å². The molecule has 0 aromatic heterocycles. The van der Waals surface area contributed by atoms with E-state index in [0.717, 1.165) is 31.6 Å². The molecule has 0 spiro atoms. The van der Waals surface area contributed by atoms with Gasteiger partial charge < -0.3 is 15.0 Å². The molecular weight excluding hydrogens is 262 g/mol. The minimum atomic E-state index is 0.134.